The number of amides is 2. The summed E-state index contributed by atoms with van der Waals surface area (Å²) in [4.78, 5) is 14.5. The molecular formula is C18H24N2O3. The molecule has 2 N–H and O–H groups in total. The van der Waals surface area contributed by atoms with Crippen LogP contribution in [0.2, 0.25) is 0 Å². The van der Waals surface area contributed by atoms with E-state index in [1.54, 1.807) is 4.90 Å². The van der Waals surface area contributed by atoms with Gasteiger partial charge in [0, 0.05) is 24.6 Å². The van der Waals surface area contributed by atoms with Crippen LogP contribution in [0.4, 0.5) is 4.79 Å². The highest BCUT2D eigenvalue weighted by molar-refractivity contribution is 5.75. The Bertz CT molecular complexity index is 596. The Labute approximate surface area is 136 Å². The van der Waals surface area contributed by atoms with Crippen LogP contribution in [-0.2, 0) is 0 Å². The van der Waals surface area contributed by atoms with Crippen molar-refractivity contribution in [3.8, 4) is 5.75 Å². The fraction of sp³-hybridized carbons (Fsp3) is 0.611. The third-order valence-electron chi connectivity index (χ3n) is 5.35. The lowest BCUT2D eigenvalue weighted by Gasteiger charge is -2.48. The Morgan fingerprint density at radius 3 is 2.78 bits per heavy atom. The van der Waals surface area contributed by atoms with Gasteiger partial charge in [-0.25, -0.2) is 4.79 Å². The fourth-order valence-electron chi connectivity index (χ4n) is 3.80. The van der Waals surface area contributed by atoms with Crippen molar-refractivity contribution in [1.29, 1.82) is 0 Å². The Morgan fingerprint density at radius 1 is 1.35 bits per heavy atom. The van der Waals surface area contributed by atoms with Gasteiger partial charge in [0.1, 0.15) is 11.4 Å². The van der Waals surface area contributed by atoms with E-state index < -0.39 is 0 Å². The highest BCUT2D eigenvalue weighted by Gasteiger charge is 2.46. The van der Waals surface area contributed by atoms with E-state index >= 15 is 0 Å². The molecular weight excluding hydrogens is 292 g/mol. The largest absolute Gasteiger partial charge is 0.487 e. The number of ether oxygens (including phenoxy) is 1. The maximum Gasteiger partial charge on any atom is 0.318 e. The van der Waals surface area contributed by atoms with E-state index in [2.05, 4.69) is 5.32 Å². The van der Waals surface area contributed by atoms with E-state index in [0.717, 1.165) is 43.4 Å². The predicted octanol–water partition coefficient (Wildman–Crippen LogP) is 2.60. The normalized spacial score (nSPS) is 24.3. The highest BCUT2D eigenvalue weighted by Crippen LogP contribution is 2.48. The predicted molar refractivity (Wildman–Crippen MR) is 86.4 cm³/mol. The number of aliphatic hydroxyl groups excluding tert-OH is 1. The Morgan fingerprint density at radius 2 is 2.13 bits per heavy atom. The summed E-state index contributed by atoms with van der Waals surface area (Å²) in [7, 11) is 0. The minimum atomic E-state index is -0.0896. The molecule has 1 aliphatic heterocycles. The number of hydrogen-bond acceptors (Lipinski definition) is 3. The van der Waals surface area contributed by atoms with E-state index in [1.165, 1.54) is 6.42 Å². The average molecular weight is 316 g/mol. The number of fused-ring (bicyclic) bond motifs is 1. The van der Waals surface area contributed by atoms with Crippen LogP contribution < -0.4 is 10.1 Å². The minimum Gasteiger partial charge on any atom is -0.487 e. The second-order valence-corrected chi connectivity index (χ2v) is 7.03. The van der Waals surface area contributed by atoms with Gasteiger partial charge in [0.05, 0.1) is 12.6 Å². The number of nitrogens with zero attached hydrogens (tertiary/aromatic N) is 1. The van der Waals surface area contributed by atoms with Crippen LogP contribution in [-0.4, -0.2) is 40.8 Å². The zero-order valence-corrected chi connectivity index (χ0v) is 13.3. The monoisotopic (exact) mass is 316 g/mol. The molecule has 0 radical (unpaired) electrons. The number of rotatable bonds is 4. The van der Waals surface area contributed by atoms with Gasteiger partial charge in [0.25, 0.3) is 0 Å². The van der Waals surface area contributed by atoms with Crippen molar-refractivity contribution in [3.05, 3.63) is 29.8 Å². The molecule has 2 amide bonds. The van der Waals surface area contributed by atoms with Gasteiger partial charge in [-0.15, -0.1) is 0 Å². The SMILES string of the molecule is O=C(N[C@@H]1CC2(CCC2)Oc2ccccc21)N(CCO)C1CC1. The number of benzene rings is 1. The number of para-hydroxylation sites is 1. The molecule has 3 aliphatic rings. The molecule has 1 spiro atoms. The molecule has 0 saturated heterocycles. The minimum absolute atomic E-state index is 0.00677. The lowest BCUT2D eigenvalue weighted by Crippen LogP contribution is -2.52. The van der Waals surface area contributed by atoms with Crippen molar-refractivity contribution >= 4 is 6.03 Å². The molecule has 2 saturated carbocycles. The maximum atomic E-state index is 12.7. The topological polar surface area (TPSA) is 61.8 Å². The summed E-state index contributed by atoms with van der Waals surface area (Å²) in [5.41, 5.74) is 0.978. The Kier molecular flexibility index (Phi) is 3.68. The van der Waals surface area contributed by atoms with Gasteiger partial charge in [-0.2, -0.15) is 0 Å². The number of nitrogens with one attached hydrogen (secondary N) is 1. The molecule has 2 aliphatic carbocycles. The van der Waals surface area contributed by atoms with Gasteiger partial charge >= 0.3 is 6.03 Å². The number of hydrogen-bond donors (Lipinski definition) is 2. The van der Waals surface area contributed by atoms with E-state index in [0.29, 0.717) is 12.6 Å². The third-order valence-corrected chi connectivity index (χ3v) is 5.35. The number of aliphatic hydroxyl groups is 1. The summed E-state index contributed by atoms with van der Waals surface area (Å²) in [6.07, 6.45) is 6.26. The first-order valence-corrected chi connectivity index (χ1v) is 8.67. The molecule has 5 heteroatoms. The van der Waals surface area contributed by atoms with Crippen molar-refractivity contribution in [2.24, 2.45) is 0 Å². The first kappa shape index (κ1) is 14.8. The van der Waals surface area contributed by atoms with Crippen molar-refractivity contribution in [1.82, 2.24) is 10.2 Å². The van der Waals surface area contributed by atoms with Crippen LogP contribution in [0, 0.1) is 0 Å². The first-order chi connectivity index (χ1) is 11.2. The van der Waals surface area contributed by atoms with Crippen LogP contribution in [0.15, 0.2) is 24.3 Å². The van der Waals surface area contributed by atoms with Crippen molar-refractivity contribution < 1.29 is 14.6 Å². The zero-order chi connectivity index (χ0) is 15.9. The smallest absolute Gasteiger partial charge is 0.318 e. The van der Waals surface area contributed by atoms with Crippen LogP contribution in [0.25, 0.3) is 0 Å². The summed E-state index contributed by atoms with van der Waals surface area (Å²) in [6, 6.07) is 8.25. The molecule has 1 heterocycles. The molecule has 0 unspecified atom stereocenters. The number of urea groups is 1. The number of carbonyl (C=O) groups is 1. The fourth-order valence-corrected chi connectivity index (χ4v) is 3.80. The van der Waals surface area contributed by atoms with Crippen molar-refractivity contribution in [2.45, 2.75) is 56.2 Å². The molecule has 23 heavy (non-hydrogen) atoms. The van der Waals surface area contributed by atoms with Crippen LogP contribution in [0.1, 0.15) is 50.1 Å². The lowest BCUT2D eigenvalue weighted by molar-refractivity contribution is -0.0360. The molecule has 1 aromatic carbocycles. The molecule has 4 rings (SSSR count). The second-order valence-electron chi connectivity index (χ2n) is 7.03. The summed E-state index contributed by atoms with van der Waals surface area (Å²) in [5, 5.41) is 12.4. The Hall–Kier alpha value is -1.75. The van der Waals surface area contributed by atoms with Gasteiger partial charge in [-0.1, -0.05) is 18.2 Å². The second kappa shape index (κ2) is 5.71. The molecule has 124 valence electrons. The summed E-state index contributed by atoms with van der Waals surface area (Å²) in [6.45, 7) is 0.421. The van der Waals surface area contributed by atoms with Gasteiger partial charge in [0.15, 0.2) is 0 Å². The summed E-state index contributed by atoms with van der Waals surface area (Å²) in [5.74, 6) is 0.906. The summed E-state index contributed by atoms with van der Waals surface area (Å²) >= 11 is 0. The van der Waals surface area contributed by atoms with Crippen LogP contribution >= 0.6 is 0 Å². The maximum absolute atomic E-state index is 12.7. The highest BCUT2D eigenvalue weighted by atomic mass is 16.5. The van der Waals surface area contributed by atoms with Crippen molar-refractivity contribution in [3.63, 3.8) is 0 Å². The molecule has 2 fully saturated rings. The van der Waals surface area contributed by atoms with Gasteiger partial charge < -0.3 is 20.1 Å². The van der Waals surface area contributed by atoms with E-state index in [4.69, 9.17) is 4.74 Å². The Balaban J connectivity index is 1.54. The standard InChI is InChI=1S/C18H24N2O3/c21-11-10-20(13-6-7-13)17(22)19-15-12-18(8-3-9-18)23-16-5-2-1-4-14(15)16/h1-2,4-5,13,15,21H,3,6-12H2,(H,19,22)/t15-/m1/s1. The zero-order valence-electron chi connectivity index (χ0n) is 13.3. The first-order valence-electron chi connectivity index (χ1n) is 8.67. The lowest BCUT2D eigenvalue weighted by atomic mass is 9.73. The van der Waals surface area contributed by atoms with Gasteiger partial charge in [-0.05, 0) is 38.2 Å². The third kappa shape index (κ3) is 2.78. The molecule has 5 nitrogen and oxygen atoms in total. The molecule has 1 aromatic rings. The summed E-state index contributed by atoms with van der Waals surface area (Å²) < 4.78 is 6.23. The average Bonchev–Trinajstić information content (AvgIpc) is 3.35. The van der Waals surface area contributed by atoms with Crippen molar-refractivity contribution in [2.75, 3.05) is 13.2 Å². The van der Waals surface area contributed by atoms with Crippen LogP contribution in [0.3, 0.4) is 0 Å². The van der Waals surface area contributed by atoms with E-state index in [1.807, 2.05) is 24.3 Å². The van der Waals surface area contributed by atoms with E-state index in [-0.39, 0.29) is 24.3 Å². The van der Waals surface area contributed by atoms with E-state index in [9.17, 15) is 9.90 Å². The number of carbonyl (C=O) groups excluding carboxylic acids is 1. The molecule has 0 bridgehead atoms. The molecule has 0 aromatic heterocycles. The molecule has 1 atom stereocenters. The van der Waals surface area contributed by atoms with Crippen LogP contribution in [0.5, 0.6) is 5.75 Å². The van der Waals surface area contributed by atoms with Gasteiger partial charge in [0.2, 0.25) is 0 Å². The quantitative estimate of drug-likeness (QED) is 0.897. The van der Waals surface area contributed by atoms with Gasteiger partial charge in [-0.3, -0.25) is 0 Å².